The molecule has 0 aliphatic heterocycles. The summed E-state index contributed by atoms with van der Waals surface area (Å²) in [6.45, 7) is 5.84. The summed E-state index contributed by atoms with van der Waals surface area (Å²) in [4.78, 5) is 22.6. The molecule has 0 aliphatic carbocycles. The van der Waals surface area contributed by atoms with Gasteiger partial charge in [-0.25, -0.2) is 4.79 Å². The van der Waals surface area contributed by atoms with E-state index in [4.69, 9.17) is 10.8 Å². The van der Waals surface area contributed by atoms with Crippen LogP contribution in [0.3, 0.4) is 0 Å². The average Bonchev–Trinajstić information content (AvgIpc) is 2.23. The molecule has 17 heavy (non-hydrogen) atoms. The Bertz CT molecular complexity index is 256. The van der Waals surface area contributed by atoms with Gasteiger partial charge in [0.15, 0.2) is 0 Å². The molecule has 0 aromatic rings. The second kappa shape index (κ2) is 7.89. The van der Waals surface area contributed by atoms with E-state index < -0.39 is 18.2 Å². The zero-order valence-electron chi connectivity index (χ0n) is 10.7. The van der Waals surface area contributed by atoms with E-state index in [2.05, 4.69) is 10.6 Å². The topological polar surface area (TPSA) is 104 Å². The van der Waals surface area contributed by atoms with Crippen LogP contribution in [0.2, 0.25) is 0 Å². The number of aliphatic hydroxyl groups excluding tert-OH is 1. The Hall–Kier alpha value is -1.30. The van der Waals surface area contributed by atoms with Crippen LogP contribution in [0.25, 0.3) is 0 Å². The van der Waals surface area contributed by atoms with E-state index >= 15 is 0 Å². The van der Waals surface area contributed by atoms with Gasteiger partial charge in [0.2, 0.25) is 5.91 Å². The molecule has 0 aliphatic rings. The number of nitrogens with two attached hydrogens (primary N) is 1. The summed E-state index contributed by atoms with van der Waals surface area (Å²) >= 11 is 0. The average molecular weight is 245 g/mol. The van der Waals surface area contributed by atoms with Crippen molar-refractivity contribution in [3.05, 3.63) is 0 Å². The molecule has 100 valence electrons. The Balaban J connectivity index is 4.27. The first-order valence-electron chi connectivity index (χ1n) is 5.90. The van der Waals surface area contributed by atoms with Crippen LogP contribution >= 0.6 is 0 Å². The molecule has 0 bridgehead atoms. The van der Waals surface area contributed by atoms with Gasteiger partial charge in [0.1, 0.15) is 6.04 Å². The number of urea groups is 1. The van der Waals surface area contributed by atoms with E-state index in [1.165, 1.54) is 0 Å². The van der Waals surface area contributed by atoms with Crippen molar-refractivity contribution in [2.24, 2.45) is 11.7 Å². The molecule has 0 radical (unpaired) electrons. The van der Waals surface area contributed by atoms with Crippen molar-refractivity contribution in [1.82, 2.24) is 10.6 Å². The van der Waals surface area contributed by atoms with Gasteiger partial charge in [0.05, 0.1) is 6.10 Å². The lowest BCUT2D eigenvalue weighted by Gasteiger charge is -2.22. The number of rotatable bonds is 7. The van der Waals surface area contributed by atoms with E-state index in [9.17, 15) is 9.59 Å². The van der Waals surface area contributed by atoms with E-state index in [1.807, 2.05) is 13.8 Å². The smallest absolute Gasteiger partial charge is 0.312 e. The normalized spacial score (nSPS) is 15.8. The van der Waals surface area contributed by atoms with E-state index in [-0.39, 0.29) is 11.8 Å². The molecular weight excluding hydrogens is 222 g/mol. The Kier molecular flexibility index (Phi) is 7.29. The molecule has 0 rings (SSSR count). The van der Waals surface area contributed by atoms with Crippen molar-refractivity contribution >= 4 is 11.9 Å². The zero-order valence-corrected chi connectivity index (χ0v) is 10.7. The monoisotopic (exact) mass is 245 g/mol. The third kappa shape index (κ3) is 6.78. The van der Waals surface area contributed by atoms with Crippen molar-refractivity contribution < 1.29 is 14.7 Å². The summed E-state index contributed by atoms with van der Waals surface area (Å²) in [5.74, 6) is -0.257. The molecule has 3 atom stereocenters. The summed E-state index contributed by atoms with van der Waals surface area (Å²) in [6.07, 6.45) is 0.783. The van der Waals surface area contributed by atoms with Gasteiger partial charge in [-0.2, -0.15) is 0 Å². The van der Waals surface area contributed by atoms with Gasteiger partial charge < -0.3 is 21.5 Å². The Morgan fingerprint density at radius 1 is 1.35 bits per heavy atom. The number of primary amides is 1. The van der Waals surface area contributed by atoms with Crippen molar-refractivity contribution in [2.75, 3.05) is 6.54 Å². The highest BCUT2D eigenvalue weighted by atomic mass is 16.3. The summed E-state index contributed by atoms with van der Waals surface area (Å²) < 4.78 is 0. The zero-order chi connectivity index (χ0) is 13.4. The Labute approximate surface area is 102 Å². The highest BCUT2D eigenvalue weighted by Crippen LogP contribution is 2.07. The van der Waals surface area contributed by atoms with Crippen LogP contribution < -0.4 is 16.4 Å². The fourth-order valence-electron chi connectivity index (χ4n) is 1.37. The quantitative estimate of drug-likeness (QED) is 0.505. The van der Waals surface area contributed by atoms with E-state index in [0.29, 0.717) is 13.0 Å². The van der Waals surface area contributed by atoms with Gasteiger partial charge in [-0.1, -0.05) is 20.3 Å². The number of amides is 3. The Morgan fingerprint density at radius 2 is 1.94 bits per heavy atom. The Morgan fingerprint density at radius 3 is 2.35 bits per heavy atom. The van der Waals surface area contributed by atoms with Gasteiger partial charge in [-0.3, -0.25) is 4.79 Å². The molecule has 0 aromatic carbocycles. The number of carbonyl (C=O) groups is 2. The largest absolute Gasteiger partial charge is 0.393 e. The maximum Gasteiger partial charge on any atom is 0.312 e. The molecule has 6 heteroatoms. The van der Waals surface area contributed by atoms with Gasteiger partial charge in [0, 0.05) is 6.54 Å². The second-order valence-corrected chi connectivity index (χ2v) is 4.30. The minimum Gasteiger partial charge on any atom is -0.393 e. The molecule has 0 heterocycles. The van der Waals surface area contributed by atoms with Crippen molar-refractivity contribution in [1.29, 1.82) is 0 Å². The third-order valence-electron chi connectivity index (χ3n) is 2.65. The second-order valence-electron chi connectivity index (χ2n) is 4.30. The van der Waals surface area contributed by atoms with E-state index in [0.717, 1.165) is 6.42 Å². The molecule has 0 saturated heterocycles. The van der Waals surface area contributed by atoms with Gasteiger partial charge in [-0.15, -0.1) is 0 Å². The minimum absolute atomic E-state index is 0.00838. The summed E-state index contributed by atoms with van der Waals surface area (Å²) in [7, 11) is 0. The molecule has 3 unspecified atom stereocenters. The fourth-order valence-corrected chi connectivity index (χ4v) is 1.37. The first-order valence-corrected chi connectivity index (χ1v) is 5.90. The third-order valence-corrected chi connectivity index (χ3v) is 2.65. The van der Waals surface area contributed by atoms with Crippen molar-refractivity contribution in [2.45, 2.75) is 45.8 Å². The summed E-state index contributed by atoms with van der Waals surface area (Å²) in [6, 6.07) is -1.33. The van der Waals surface area contributed by atoms with Crippen LogP contribution in [-0.4, -0.2) is 35.7 Å². The number of aliphatic hydroxyl groups is 1. The van der Waals surface area contributed by atoms with Crippen molar-refractivity contribution in [3.8, 4) is 0 Å². The minimum atomic E-state index is -0.707. The standard InChI is InChI=1S/C11H23N3O3/c1-4-7(2)9(14-11(12)17)10(16)13-6-5-8(3)15/h7-9,15H,4-6H2,1-3H3,(H,13,16)(H3,12,14,17). The maximum absolute atomic E-state index is 11.8. The first kappa shape index (κ1) is 15.7. The first-order chi connectivity index (χ1) is 7.88. The highest BCUT2D eigenvalue weighted by Gasteiger charge is 2.24. The lowest BCUT2D eigenvalue weighted by molar-refractivity contribution is -0.124. The molecule has 6 nitrogen and oxygen atoms in total. The molecule has 0 aromatic heterocycles. The molecular formula is C11H23N3O3. The van der Waals surface area contributed by atoms with Crippen LogP contribution in [-0.2, 0) is 4.79 Å². The van der Waals surface area contributed by atoms with Crippen LogP contribution in [0.1, 0.15) is 33.6 Å². The predicted octanol–water partition coefficient (Wildman–Crippen LogP) is -0.0435. The summed E-state index contributed by atoms with van der Waals surface area (Å²) in [5.41, 5.74) is 5.03. The van der Waals surface area contributed by atoms with Crippen molar-refractivity contribution in [3.63, 3.8) is 0 Å². The van der Waals surface area contributed by atoms with Crippen LogP contribution in [0, 0.1) is 5.92 Å². The lowest BCUT2D eigenvalue weighted by Crippen LogP contribution is -2.52. The van der Waals surface area contributed by atoms with Crippen LogP contribution in [0.4, 0.5) is 4.79 Å². The van der Waals surface area contributed by atoms with Crippen LogP contribution in [0.5, 0.6) is 0 Å². The molecule has 5 N–H and O–H groups in total. The SMILES string of the molecule is CCC(C)C(NC(N)=O)C(=O)NCCC(C)O. The molecule has 0 fully saturated rings. The maximum atomic E-state index is 11.8. The van der Waals surface area contributed by atoms with Gasteiger partial charge >= 0.3 is 6.03 Å². The molecule has 3 amide bonds. The lowest BCUT2D eigenvalue weighted by atomic mass is 9.98. The molecule has 0 spiro atoms. The van der Waals surface area contributed by atoms with Crippen LogP contribution in [0.15, 0.2) is 0 Å². The number of nitrogens with one attached hydrogen (secondary N) is 2. The fraction of sp³-hybridized carbons (Fsp3) is 0.818. The summed E-state index contributed by atoms with van der Waals surface area (Å²) in [5, 5.41) is 14.2. The number of hydrogen-bond donors (Lipinski definition) is 4. The molecule has 0 saturated carbocycles. The number of carbonyl (C=O) groups excluding carboxylic acids is 2. The number of hydrogen-bond acceptors (Lipinski definition) is 3. The predicted molar refractivity (Wildman–Crippen MR) is 65.3 cm³/mol. The highest BCUT2D eigenvalue weighted by molar-refractivity contribution is 5.86. The van der Waals surface area contributed by atoms with Gasteiger partial charge in [-0.05, 0) is 19.3 Å². The van der Waals surface area contributed by atoms with E-state index in [1.54, 1.807) is 6.92 Å². The van der Waals surface area contributed by atoms with Gasteiger partial charge in [0.25, 0.3) is 0 Å².